The highest BCUT2D eigenvalue weighted by atomic mass is 127. The number of aliphatic hydroxyl groups is 1. The summed E-state index contributed by atoms with van der Waals surface area (Å²) in [6.07, 6.45) is -0.976. The van der Waals surface area contributed by atoms with Crippen molar-refractivity contribution in [2.75, 3.05) is 5.32 Å². The van der Waals surface area contributed by atoms with E-state index in [-0.39, 0.29) is 5.91 Å². The van der Waals surface area contributed by atoms with E-state index in [0.29, 0.717) is 0 Å². The summed E-state index contributed by atoms with van der Waals surface area (Å²) in [5.74, 6) is -0.385. The van der Waals surface area contributed by atoms with Gasteiger partial charge in [0.25, 0.3) is 5.91 Å². The van der Waals surface area contributed by atoms with Gasteiger partial charge in [0.2, 0.25) is 0 Å². The molecule has 1 amide bonds. The van der Waals surface area contributed by atoms with E-state index in [4.69, 9.17) is 5.11 Å². The highest BCUT2D eigenvalue weighted by molar-refractivity contribution is 14.1. The summed E-state index contributed by atoms with van der Waals surface area (Å²) in [7, 11) is 0. The van der Waals surface area contributed by atoms with Gasteiger partial charge in [0.15, 0.2) is 0 Å². The van der Waals surface area contributed by atoms with Crippen LogP contribution in [0.5, 0.6) is 0 Å². The molecule has 2 N–H and O–H groups in total. The monoisotopic (exact) mass is 291 g/mol. The molecule has 0 heterocycles. The van der Waals surface area contributed by atoms with Gasteiger partial charge in [-0.2, -0.15) is 0 Å². The van der Waals surface area contributed by atoms with Crippen molar-refractivity contribution in [3.8, 4) is 0 Å². The first kappa shape index (κ1) is 10.5. The van der Waals surface area contributed by atoms with Crippen LogP contribution in [0.2, 0.25) is 0 Å². The van der Waals surface area contributed by atoms with Crippen LogP contribution >= 0.6 is 22.6 Å². The van der Waals surface area contributed by atoms with Crippen LogP contribution < -0.4 is 5.32 Å². The van der Waals surface area contributed by atoms with E-state index in [1.807, 2.05) is 18.2 Å². The fourth-order valence-corrected chi connectivity index (χ4v) is 1.32. The summed E-state index contributed by atoms with van der Waals surface area (Å²) in [6, 6.07) is 7.40. The summed E-state index contributed by atoms with van der Waals surface area (Å²) in [4.78, 5) is 11.1. The first-order chi connectivity index (χ1) is 6.11. The highest BCUT2D eigenvalue weighted by Gasteiger charge is 2.09. The third kappa shape index (κ3) is 2.96. The topological polar surface area (TPSA) is 49.3 Å². The molecule has 0 aromatic heterocycles. The number of hydrogen-bond acceptors (Lipinski definition) is 2. The van der Waals surface area contributed by atoms with Crippen molar-refractivity contribution in [1.82, 2.24) is 0 Å². The fourth-order valence-electron chi connectivity index (χ4n) is 0.800. The largest absolute Gasteiger partial charge is 0.384 e. The van der Waals surface area contributed by atoms with Gasteiger partial charge in [-0.05, 0) is 41.6 Å². The molecule has 70 valence electrons. The summed E-state index contributed by atoms with van der Waals surface area (Å²) < 4.78 is 0.953. The summed E-state index contributed by atoms with van der Waals surface area (Å²) in [5, 5.41) is 11.6. The molecule has 0 aliphatic carbocycles. The number of hydrogen-bond donors (Lipinski definition) is 2. The number of aliphatic hydroxyl groups excluding tert-OH is 1. The van der Waals surface area contributed by atoms with Crippen molar-refractivity contribution >= 4 is 34.2 Å². The minimum Gasteiger partial charge on any atom is -0.384 e. The molecule has 1 aromatic rings. The Kier molecular flexibility index (Phi) is 3.68. The van der Waals surface area contributed by atoms with Crippen LogP contribution in [0.25, 0.3) is 0 Å². The van der Waals surface area contributed by atoms with Gasteiger partial charge in [0, 0.05) is 3.57 Å². The Morgan fingerprint density at radius 1 is 1.54 bits per heavy atom. The van der Waals surface area contributed by atoms with Crippen LogP contribution in [0.1, 0.15) is 6.92 Å². The first-order valence-corrected chi connectivity index (χ1v) is 4.92. The lowest BCUT2D eigenvalue weighted by atomic mass is 10.3. The number of halogens is 1. The van der Waals surface area contributed by atoms with Gasteiger partial charge in [-0.3, -0.25) is 4.79 Å². The third-order valence-electron chi connectivity index (χ3n) is 1.51. The smallest absolute Gasteiger partial charge is 0.252 e. The maximum Gasteiger partial charge on any atom is 0.252 e. The summed E-state index contributed by atoms with van der Waals surface area (Å²) >= 11 is 2.12. The summed E-state index contributed by atoms with van der Waals surface area (Å²) in [5.41, 5.74) is 0.731. The standard InChI is InChI=1S/C9H10INO2/c1-6(12)9(13)11-8-5-3-2-4-7(8)10/h2-6,12H,1H3,(H,11,13)/t6-/m1/s1. The number of carbonyl (C=O) groups excluding carboxylic acids is 1. The molecule has 0 saturated carbocycles. The molecule has 3 nitrogen and oxygen atoms in total. The van der Waals surface area contributed by atoms with E-state index in [9.17, 15) is 4.79 Å². The lowest BCUT2D eigenvalue weighted by Crippen LogP contribution is -2.24. The molecule has 0 saturated heterocycles. The molecular weight excluding hydrogens is 281 g/mol. The molecule has 0 aliphatic rings. The zero-order chi connectivity index (χ0) is 9.84. The lowest BCUT2D eigenvalue weighted by molar-refractivity contribution is -0.123. The Bertz CT molecular complexity index is 312. The van der Waals surface area contributed by atoms with E-state index in [2.05, 4.69) is 27.9 Å². The van der Waals surface area contributed by atoms with Crippen LogP contribution in [-0.2, 0) is 4.79 Å². The second-order valence-electron chi connectivity index (χ2n) is 2.65. The highest BCUT2D eigenvalue weighted by Crippen LogP contribution is 2.16. The van der Waals surface area contributed by atoms with Gasteiger partial charge in [-0.1, -0.05) is 12.1 Å². The van der Waals surface area contributed by atoms with Gasteiger partial charge in [-0.25, -0.2) is 0 Å². The van der Waals surface area contributed by atoms with Crippen LogP contribution in [0.3, 0.4) is 0 Å². The van der Waals surface area contributed by atoms with E-state index < -0.39 is 6.10 Å². The van der Waals surface area contributed by atoms with Crippen LogP contribution in [0, 0.1) is 3.57 Å². The van der Waals surface area contributed by atoms with E-state index in [0.717, 1.165) is 9.26 Å². The minimum absolute atomic E-state index is 0.385. The Hall–Kier alpha value is -0.620. The van der Waals surface area contributed by atoms with Gasteiger partial charge < -0.3 is 10.4 Å². The predicted molar refractivity (Wildman–Crippen MR) is 59.5 cm³/mol. The molecule has 0 aliphatic heterocycles. The number of rotatable bonds is 2. The summed E-state index contributed by atoms with van der Waals surface area (Å²) in [6.45, 7) is 1.44. The molecule has 1 atom stereocenters. The number of carbonyl (C=O) groups is 1. The van der Waals surface area contributed by atoms with Gasteiger partial charge in [0.1, 0.15) is 6.10 Å². The lowest BCUT2D eigenvalue weighted by Gasteiger charge is -2.08. The zero-order valence-electron chi connectivity index (χ0n) is 7.12. The SMILES string of the molecule is C[C@@H](O)C(=O)Nc1ccccc1I. The minimum atomic E-state index is -0.976. The molecule has 0 radical (unpaired) electrons. The molecule has 0 bridgehead atoms. The van der Waals surface area contributed by atoms with Crippen LogP contribution in [0.4, 0.5) is 5.69 Å². The van der Waals surface area contributed by atoms with Crippen molar-refractivity contribution in [2.24, 2.45) is 0 Å². The van der Waals surface area contributed by atoms with Crippen molar-refractivity contribution in [3.05, 3.63) is 27.8 Å². The molecule has 0 spiro atoms. The van der Waals surface area contributed by atoms with E-state index in [1.165, 1.54) is 6.92 Å². The molecule has 0 unspecified atom stereocenters. The maximum absolute atomic E-state index is 11.1. The predicted octanol–water partition coefficient (Wildman–Crippen LogP) is 1.61. The molecule has 13 heavy (non-hydrogen) atoms. The van der Waals surface area contributed by atoms with Crippen LogP contribution in [0.15, 0.2) is 24.3 Å². The number of amides is 1. The van der Waals surface area contributed by atoms with Gasteiger partial charge in [0.05, 0.1) is 5.69 Å². The second-order valence-corrected chi connectivity index (χ2v) is 3.81. The molecule has 1 aromatic carbocycles. The molecule has 1 rings (SSSR count). The maximum atomic E-state index is 11.1. The average molecular weight is 291 g/mol. The van der Waals surface area contributed by atoms with Gasteiger partial charge in [-0.15, -0.1) is 0 Å². The third-order valence-corrected chi connectivity index (χ3v) is 2.45. The van der Waals surface area contributed by atoms with E-state index >= 15 is 0 Å². The fraction of sp³-hybridized carbons (Fsp3) is 0.222. The van der Waals surface area contributed by atoms with Crippen LogP contribution in [-0.4, -0.2) is 17.1 Å². The number of para-hydroxylation sites is 1. The molecule has 4 heteroatoms. The Morgan fingerprint density at radius 2 is 2.15 bits per heavy atom. The Balaban J connectivity index is 2.75. The van der Waals surface area contributed by atoms with Crippen molar-refractivity contribution in [2.45, 2.75) is 13.0 Å². The van der Waals surface area contributed by atoms with Crippen molar-refractivity contribution in [1.29, 1.82) is 0 Å². The number of anilines is 1. The Morgan fingerprint density at radius 3 is 2.69 bits per heavy atom. The zero-order valence-corrected chi connectivity index (χ0v) is 9.28. The second kappa shape index (κ2) is 4.57. The quantitative estimate of drug-likeness (QED) is 0.813. The number of nitrogens with one attached hydrogen (secondary N) is 1. The average Bonchev–Trinajstić information content (AvgIpc) is 2.08. The molecular formula is C9H10INO2. The van der Waals surface area contributed by atoms with Crippen molar-refractivity contribution in [3.63, 3.8) is 0 Å². The Labute approximate surface area is 90.3 Å². The van der Waals surface area contributed by atoms with E-state index in [1.54, 1.807) is 6.07 Å². The first-order valence-electron chi connectivity index (χ1n) is 3.84. The van der Waals surface area contributed by atoms with Crippen molar-refractivity contribution < 1.29 is 9.90 Å². The number of benzene rings is 1. The molecule has 0 fully saturated rings. The van der Waals surface area contributed by atoms with Gasteiger partial charge >= 0.3 is 0 Å². The normalized spacial score (nSPS) is 12.2.